The third kappa shape index (κ3) is 3.48. The van der Waals surface area contributed by atoms with Gasteiger partial charge in [0.2, 0.25) is 5.91 Å². The van der Waals surface area contributed by atoms with E-state index in [-0.39, 0.29) is 0 Å². The van der Waals surface area contributed by atoms with Crippen molar-refractivity contribution < 1.29 is 4.79 Å². The molecule has 0 aromatic rings. The van der Waals surface area contributed by atoms with E-state index in [2.05, 4.69) is 17.1 Å². The maximum absolute atomic E-state index is 12.0. The molecule has 1 saturated heterocycles. The topological polar surface area (TPSA) is 32.3 Å². The molecule has 1 atom stereocenters. The van der Waals surface area contributed by atoms with E-state index in [1.54, 1.807) is 0 Å². The number of hydrogen-bond acceptors (Lipinski definition) is 2. The van der Waals surface area contributed by atoms with Crippen LogP contribution in [0.15, 0.2) is 0 Å². The van der Waals surface area contributed by atoms with Crippen molar-refractivity contribution in [1.29, 1.82) is 0 Å². The number of amides is 1. The van der Waals surface area contributed by atoms with Crippen molar-refractivity contribution in [1.82, 2.24) is 10.2 Å². The van der Waals surface area contributed by atoms with Gasteiger partial charge < -0.3 is 10.2 Å². The van der Waals surface area contributed by atoms with Crippen LogP contribution in [0.25, 0.3) is 0 Å². The SMILES string of the molecule is CCCC(=O)N(CC1CC1)CC1CCCN1. The molecule has 1 aliphatic heterocycles. The first-order valence-electron chi connectivity index (χ1n) is 6.80. The van der Waals surface area contributed by atoms with Crippen LogP contribution in [0.4, 0.5) is 0 Å². The number of nitrogens with one attached hydrogen (secondary N) is 1. The normalized spacial score (nSPS) is 24.7. The molecule has 1 N–H and O–H groups in total. The van der Waals surface area contributed by atoms with E-state index in [1.165, 1.54) is 25.7 Å². The minimum atomic E-state index is 0.364. The van der Waals surface area contributed by atoms with Crippen LogP contribution in [0.2, 0.25) is 0 Å². The van der Waals surface area contributed by atoms with E-state index in [1.807, 2.05) is 0 Å². The highest BCUT2D eigenvalue weighted by molar-refractivity contribution is 5.76. The lowest BCUT2D eigenvalue weighted by Gasteiger charge is -2.26. The number of nitrogens with zero attached hydrogens (tertiary/aromatic N) is 1. The molecule has 1 amide bonds. The van der Waals surface area contributed by atoms with Gasteiger partial charge in [-0.3, -0.25) is 4.79 Å². The van der Waals surface area contributed by atoms with Crippen molar-refractivity contribution in [3.63, 3.8) is 0 Å². The lowest BCUT2D eigenvalue weighted by atomic mass is 10.2. The Labute approximate surface area is 98.6 Å². The fraction of sp³-hybridized carbons (Fsp3) is 0.923. The lowest BCUT2D eigenvalue weighted by molar-refractivity contribution is -0.131. The van der Waals surface area contributed by atoms with E-state index in [9.17, 15) is 4.79 Å². The van der Waals surface area contributed by atoms with Crippen LogP contribution < -0.4 is 5.32 Å². The molecule has 16 heavy (non-hydrogen) atoms. The van der Waals surface area contributed by atoms with Gasteiger partial charge in [-0.1, -0.05) is 6.92 Å². The second-order valence-electron chi connectivity index (χ2n) is 5.29. The molecule has 92 valence electrons. The third-order valence-corrected chi connectivity index (χ3v) is 3.60. The van der Waals surface area contributed by atoms with Crippen LogP contribution in [-0.4, -0.2) is 36.5 Å². The van der Waals surface area contributed by atoms with Crippen molar-refractivity contribution in [2.75, 3.05) is 19.6 Å². The molecule has 0 spiro atoms. The number of rotatable bonds is 6. The Bertz CT molecular complexity index is 232. The largest absolute Gasteiger partial charge is 0.341 e. The molecule has 0 aromatic carbocycles. The molecule has 3 heteroatoms. The first kappa shape index (κ1) is 11.9. The van der Waals surface area contributed by atoms with Crippen LogP contribution in [0.5, 0.6) is 0 Å². The molecule has 0 bridgehead atoms. The summed E-state index contributed by atoms with van der Waals surface area (Å²) in [5.41, 5.74) is 0. The summed E-state index contributed by atoms with van der Waals surface area (Å²) in [4.78, 5) is 14.1. The number of hydrogen-bond donors (Lipinski definition) is 1. The monoisotopic (exact) mass is 224 g/mol. The molecule has 3 nitrogen and oxygen atoms in total. The molecule has 1 aliphatic carbocycles. The Kier molecular flexibility index (Phi) is 4.22. The summed E-state index contributed by atoms with van der Waals surface area (Å²) in [5, 5.41) is 3.48. The zero-order valence-corrected chi connectivity index (χ0v) is 10.4. The molecule has 0 aromatic heterocycles. The maximum atomic E-state index is 12.0. The van der Waals surface area contributed by atoms with Gasteiger partial charge in [-0.05, 0) is 44.6 Å². The summed E-state index contributed by atoms with van der Waals surface area (Å²) in [6.45, 7) is 5.16. The van der Waals surface area contributed by atoms with Gasteiger partial charge in [0, 0.05) is 25.6 Å². The van der Waals surface area contributed by atoms with Gasteiger partial charge in [0.25, 0.3) is 0 Å². The number of carbonyl (C=O) groups is 1. The van der Waals surface area contributed by atoms with Gasteiger partial charge >= 0.3 is 0 Å². The van der Waals surface area contributed by atoms with Gasteiger partial charge in [-0.2, -0.15) is 0 Å². The van der Waals surface area contributed by atoms with Crippen molar-refractivity contribution in [2.24, 2.45) is 5.92 Å². The summed E-state index contributed by atoms with van der Waals surface area (Å²) in [5.74, 6) is 1.17. The van der Waals surface area contributed by atoms with Gasteiger partial charge in [0.05, 0.1) is 0 Å². The van der Waals surface area contributed by atoms with Crippen LogP contribution in [0.3, 0.4) is 0 Å². The molecule has 0 radical (unpaired) electrons. The summed E-state index contributed by atoms with van der Waals surface area (Å²) < 4.78 is 0. The van der Waals surface area contributed by atoms with Crippen molar-refractivity contribution in [3.8, 4) is 0 Å². The Morgan fingerprint density at radius 1 is 1.31 bits per heavy atom. The minimum absolute atomic E-state index is 0.364. The smallest absolute Gasteiger partial charge is 0.222 e. The summed E-state index contributed by atoms with van der Waals surface area (Å²) >= 11 is 0. The van der Waals surface area contributed by atoms with Crippen LogP contribution in [0.1, 0.15) is 45.4 Å². The van der Waals surface area contributed by atoms with Crippen molar-refractivity contribution in [2.45, 2.75) is 51.5 Å². The molecule has 1 unspecified atom stereocenters. The molecular formula is C13H24N2O. The highest BCUT2D eigenvalue weighted by Gasteiger charge is 2.28. The first-order chi connectivity index (χ1) is 7.79. The maximum Gasteiger partial charge on any atom is 0.222 e. The van der Waals surface area contributed by atoms with E-state index in [4.69, 9.17) is 0 Å². The molecule has 1 heterocycles. The molecule has 2 aliphatic rings. The highest BCUT2D eigenvalue weighted by Crippen LogP contribution is 2.30. The van der Waals surface area contributed by atoms with Crippen molar-refractivity contribution in [3.05, 3.63) is 0 Å². The number of carbonyl (C=O) groups excluding carboxylic acids is 1. The fourth-order valence-corrected chi connectivity index (χ4v) is 2.44. The molecule has 2 fully saturated rings. The predicted molar refractivity (Wildman–Crippen MR) is 65.2 cm³/mol. The van der Waals surface area contributed by atoms with Crippen LogP contribution in [-0.2, 0) is 4.79 Å². The Hall–Kier alpha value is -0.570. The van der Waals surface area contributed by atoms with Crippen LogP contribution in [0, 0.1) is 5.92 Å². The molecule has 2 rings (SSSR count). The van der Waals surface area contributed by atoms with Crippen LogP contribution >= 0.6 is 0 Å². The van der Waals surface area contributed by atoms with E-state index >= 15 is 0 Å². The zero-order valence-electron chi connectivity index (χ0n) is 10.4. The summed E-state index contributed by atoms with van der Waals surface area (Å²) in [6, 6.07) is 0.555. The Balaban J connectivity index is 1.81. The van der Waals surface area contributed by atoms with Crippen molar-refractivity contribution >= 4 is 5.91 Å². The summed E-state index contributed by atoms with van der Waals surface area (Å²) in [6.07, 6.45) is 6.85. The quantitative estimate of drug-likeness (QED) is 0.746. The standard InChI is InChI=1S/C13H24N2O/c1-2-4-13(16)15(9-11-6-7-11)10-12-5-3-8-14-12/h11-12,14H,2-10H2,1H3. The van der Waals surface area contributed by atoms with Gasteiger partial charge in [-0.15, -0.1) is 0 Å². The van der Waals surface area contributed by atoms with Gasteiger partial charge in [0.1, 0.15) is 0 Å². The first-order valence-corrected chi connectivity index (χ1v) is 6.80. The fourth-order valence-electron chi connectivity index (χ4n) is 2.44. The minimum Gasteiger partial charge on any atom is -0.341 e. The highest BCUT2D eigenvalue weighted by atomic mass is 16.2. The van der Waals surface area contributed by atoms with E-state index < -0.39 is 0 Å². The average Bonchev–Trinajstić information content (AvgIpc) is 2.92. The Morgan fingerprint density at radius 2 is 2.12 bits per heavy atom. The third-order valence-electron chi connectivity index (χ3n) is 3.60. The second kappa shape index (κ2) is 5.67. The molecular weight excluding hydrogens is 200 g/mol. The lowest BCUT2D eigenvalue weighted by Crippen LogP contribution is -2.42. The van der Waals surface area contributed by atoms with E-state index in [0.29, 0.717) is 11.9 Å². The predicted octanol–water partition coefficient (Wildman–Crippen LogP) is 1.78. The van der Waals surface area contributed by atoms with Gasteiger partial charge in [-0.25, -0.2) is 0 Å². The van der Waals surface area contributed by atoms with Gasteiger partial charge in [0.15, 0.2) is 0 Å². The second-order valence-corrected chi connectivity index (χ2v) is 5.29. The zero-order chi connectivity index (χ0) is 11.4. The molecule has 1 saturated carbocycles. The summed E-state index contributed by atoms with van der Waals surface area (Å²) in [7, 11) is 0. The Morgan fingerprint density at radius 3 is 2.69 bits per heavy atom. The average molecular weight is 224 g/mol. The van der Waals surface area contributed by atoms with E-state index in [0.717, 1.165) is 38.4 Å².